The molecule has 0 radical (unpaired) electrons. The number of aliphatic hydroxyl groups is 1. The zero-order chi connectivity index (χ0) is 12.5. The predicted octanol–water partition coefficient (Wildman–Crippen LogP) is 0.891. The van der Waals surface area contributed by atoms with Crippen LogP contribution in [0.3, 0.4) is 0 Å². The molecule has 1 fully saturated rings. The minimum absolute atomic E-state index is 0.195. The standard InChI is InChI=1S/C12H22N4O/c1-9(2)16-11(14-8-15-16)6-12(7-13)5-3-4-10(12)17/h8-10,17H,3-7,13H2,1-2H3. The Bertz CT molecular complexity index is 376. The van der Waals surface area contributed by atoms with Gasteiger partial charge in [-0.2, -0.15) is 5.10 Å². The Morgan fingerprint density at radius 3 is 2.94 bits per heavy atom. The summed E-state index contributed by atoms with van der Waals surface area (Å²) >= 11 is 0. The molecule has 2 unspecified atom stereocenters. The zero-order valence-electron chi connectivity index (χ0n) is 10.6. The quantitative estimate of drug-likeness (QED) is 0.816. The third-order valence-corrected chi connectivity index (χ3v) is 3.91. The summed E-state index contributed by atoms with van der Waals surface area (Å²) in [5.74, 6) is 0.936. The van der Waals surface area contributed by atoms with Gasteiger partial charge in [0.25, 0.3) is 0 Å². The molecule has 1 aliphatic carbocycles. The van der Waals surface area contributed by atoms with Crippen LogP contribution in [0.4, 0.5) is 0 Å². The summed E-state index contributed by atoms with van der Waals surface area (Å²) in [4.78, 5) is 4.31. The van der Waals surface area contributed by atoms with E-state index in [1.54, 1.807) is 6.33 Å². The van der Waals surface area contributed by atoms with Gasteiger partial charge >= 0.3 is 0 Å². The van der Waals surface area contributed by atoms with Crippen LogP contribution in [-0.4, -0.2) is 32.5 Å². The lowest BCUT2D eigenvalue weighted by Crippen LogP contribution is -2.40. The summed E-state index contributed by atoms with van der Waals surface area (Å²) in [7, 11) is 0. The van der Waals surface area contributed by atoms with Crippen LogP contribution in [0, 0.1) is 5.41 Å². The van der Waals surface area contributed by atoms with Crippen LogP contribution < -0.4 is 5.73 Å². The van der Waals surface area contributed by atoms with Gasteiger partial charge in [-0.1, -0.05) is 6.42 Å². The van der Waals surface area contributed by atoms with Crippen molar-refractivity contribution in [2.24, 2.45) is 11.1 Å². The van der Waals surface area contributed by atoms with Crippen LogP contribution in [0.1, 0.15) is 45.0 Å². The second kappa shape index (κ2) is 4.74. The van der Waals surface area contributed by atoms with Gasteiger partial charge in [0.1, 0.15) is 12.2 Å². The van der Waals surface area contributed by atoms with Gasteiger partial charge in [0.2, 0.25) is 0 Å². The molecule has 0 bridgehead atoms. The van der Waals surface area contributed by atoms with Crippen molar-refractivity contribution in [3.8, 4) is 0 Å². The maximum absolute atomic E-state index is 10.1. The molecule has 0 aliphatic heterocycles. The van der Waals surface area contributed by atoms with Gasteiger partial charge in [0.15, 0.2) is 0 Å². The summed E-state index contributed by atoms with van der Waals surface area (Å²) in [5, 5.41) is 14.4. The first-order valence-electron chi connectivity index (χ1n) is 6.35. The summed E-state index contributed by atoms with van der Waals surface area (Å²) in [5.41, 5.74) is 5.69. The minimum Gasteiger partial charge on any atom is -0.392 e. The Morgan fingerprint density at radius 2 is 2.41 bits per heavy atom. The molecule has 1 saturated carbocycles. The maximum atomic E-state index is 10.1. The van der Waals surface area contributed by atoms with Gasteiger partial charge in [0, 0.05) is 24.4 Å². The van der Waals surface area contributed by atoms with Crippen LogP contribution in [-0.2, 0) is 6.42 Å². The van der Waals surface area contributed by atoms with Crippen LogP contribution >= 0.6 is 0 Å². The lowest BCUT2D eigenvalue weighted by molar-refractivity contribution is 0.0563. The SMILES string of the molecule is CC(C)n1ncnc1CC1(CN)CCCC1O. The van der Waals surface area contributed by atoms with Crippen molar-refractivity contribution in [3.63, 3.8) is 0 Å². The summed E-state index contributed by atoms with van der Waals surface area (Å²) in [6.45, 7) is 4.68. The van der Waals surface area contributed by atoms with E-state index in [9.17, 15) is 5.11 Å². The summed E-state index contributed by atoms with van der Waals surface area (Å²) in [6.07, 6.45) is 4.89. The molecular formula is C12H22N4O. The molecule has 1 aromatic rings. The van der Waals surface area contributed by atoms with Crippen molar-refractivity contribution in [2.45, 2.75) is 51.7 Å². The predicted molar refractivity (Wildman–Crippen MR) is 65.5 cm³/mol. The van der Waals surface area contributed by atoms with E-state index in [0.717, 1.165) is 31.5 Å². The van der Waals surface area contributed by atoms with E-state index in [-0.39, 0.29) is 11.5 Å². The first-order valence-corrected chi connectivity index (χ1v) is 6.35. The lowest BCUT2D eigenvalue weighted by atomic mass is 9.80. The van der Waals surface area contributed by atoms with Gasteiger partial charge in [-0.3, -0.25) is 0 Å². The van der Waals surface area contributed by atoms with E-state index in [2.05, 4.69) is 23.9 Å². The molecule has 1 aliphatic rings. The van der Waals surface area contributed by atoms with Crippen LogP contribution in [0.15, 0.2) is 6.33 Å². The van der Waals surface area contributed by atoms with Crippen LogP contribution in [0.25, 0.3) is 0 Å². The molecule has 2 rings (SSSR count). The Labute approximate surface area is 102 Å². The highest BCUT2D eigenvalue weighted by Gasteiger charge is 2.42. The van der Waals surface area contributed by atoms with Crippen molar-refractivity contribution in [3.05, 3.63) is 12.2 Å². The summed E-state index contributed by atoms with van der Waals surface area (Å²) in [6, 6.07) is 0.292. The number of aliphatic hydroxyl groups excluding tert-OH is 1. The van der Waals surface area contributed by atoms with Crippen molar-refractivity contribution in [1.82, 2.24) is 14.8 Å². The van der Waals surface area contributed by atoms with Gasteiger partial charge in [-0.15, -0.1) is 0 Å². The molecule has 2 atom stereocenters. The molecular weight excluding hydrogens is 216 g/mol. The number of aromatic nitrogens is 3. The third kappa shape index (κ3) is 2.21. The van der Waals surface area contributed by atoms with Gasteiger partial charge < -0.3 is 10.8 Å². The normalized spacial score (nSPS) is 29.1. The molecule has 1 heterocycles. The molecule has 5 nitrogen and oxygen atoms in total. The average Bonchev–Trinajstić information content (AvgIpc) is 2.87. The van der Waals surface area contributed by atoms with Crippen LogP contribution in [0.5, 0.6) is 0 Å². The van der Waals surface area contributed by atoms with Crippen molar-refractivity contribution in [1.29, 1.82) is 0 Å². The molecule has 96 valence electrons. The Balaban J connectivity index is 2.21. The second-order valence-electron chi connectivity index (χ2n) is 5.37. The molecule has 0 spiro atoms. The number of nitrogens with two attached hydrogens (primary N) is 1. The molecule has 0 aromatic carbocycles. The monoisotopic (exact) mass is 238 g/mol. The fraction of sp³-hybridized carbons (Fsp3) is 0.833. The summed E-state index contributed by atoms with van der Waals surface area (Å²) < 4.78 is 1.92. The average molecular weight is 238 g/mol. The first-order chi connectivity index (χ1) is 8.09. The maximum Gasteiger partial charge on any atom is 0.138 e. The Hall–Kier alpha value is -0.940. The van der Waals surface area contributed by atoms with E-state index in [4.69, 9.17) is 5.73 Å². The number of hydrogen-bond acceptors (Lipinski definition) is 4. The molecule has 0 amide bonds. The van der Waals surface area contributed by atoms with E-state index < -0.39 is 0 Å². The Morgan fingerprint density at radius 1 is 1.65 bits per heavy atom. The highest BCUT2D eigenvalue weighted by molar-refractivity contribution is 5.01. The molecule has 3 N–H and O–H groups in total. The molecule has 0 saturated heterocycles. The number of hydrogen-bond donors (Lipinski definition) is 2. The van der Waals surface area contributed by atoms with E-state index >= 15 is 0 Å². The molecule has 17 heavy (non-hydrogen) atoms. The third-order valence-electron chi connectivity index (χ3n) is 3.91. The van der Waals surface area contributed by atoms with E-state index in [1.165, 1.54) is 0 Å². The van der Waals surface area contributed by atoms with Crippen molar-refractivity contribution in [2.75, 3.05) is 6.54 Å². The van der Waals surface area contributed by atoms with E-state index in [0.29, 0.717) is 12.6 Å². The van der Waals surface area contributed by atoms with Crippen LogP contribution in [0.2, 0.25) is 0 Å². The number of nitrogens with zero attached hydrogens (tertiary/aromatic N) is 3. The fourth-order valence-electron chi connectivity index (χ4n) is 2.78. The highest BCUT2D eigenvalue weighted by Crippen LogP contribution is 2.40. The second-order valence-corrected chi connectivity index (χ2v) is 5.37. The minimum atomic E-state index is -0.301. The van der Waals surface area contributed by atoms with Gasteiger partial charge in [-0.05, 0) is 26.7 Å². The largest absolute Gasteiger partial charge is 0.392 e. The fourth-order valence-corrected chi connectivity index (χ4v) is 2.78. The first kappa shape index (κ1) is 12.5. The highest BCUT2D eigenvalue weighted by atomic mass is 16.3. The van der Waals surface area contributed by atoms with Gasteiger partial charge in [-0.25, -0.2) is 9.67 Å². The molecule has 5 heteroatoms. The Kier molecular flexibility index (Phi) is 3.49. The number of rotatable bonds is 4. The van der Waals surface area contributed by atoms with E-state index in [1.807, 2.05) is 4.68 Å². The zero-order valence-corrected chi connectivity index (χ0v) is 10.6. The van der Waals surface area contributed by atoms with Crippen molar-refractivity contribution < 1.29 is 5.11 Å². The topological polar surface area (TPSA) is 77.0 Å². The molecule has 1 aromatic heterocycles. The lowest BCUT2D eigenvalue weighted by Gasteiger charge is -2.31. The van der Waals surface area contributed by atoms with Gasteiger partial charge in [0.05, 0.1) is 6.10 Å². The smallest absolute Gasteiger partial charge is 0.138 e. The van der Waals surface area contributed by atoms with Crippen molar-refractivity contribution >= 4 is 0 Å².